The summed E-state index contributed by atoms with van der Waals surface area (Å²) in [4.78, 5) is 0. The predicted octanol–water partition coefficient (Wildman–Crippen LogP) is 4.13. The van der Waals surface area contributed by atoms with Gasteiger partial charge in [-0.1, -0.05) is 19.1 Å². The van der Waals surface area contributed by atoms with E-state index in [1.54, 1.807) is 0 Å². The number of unbranched alkanes of at least 4 members (excludes halogenated alkanes) is 1. The highest BCUT2D eigenvalue weighted by Crippen LogP contribution is 2.21. The highest BCUT2D eigenvalue weighted by atomic mass is 16.5. The van der Waals surface area contributed by atoms with E-state index in [2.05, 4.69) is 38.2 Å². The SMILES string of the molecule is CCCNC(C)(C#N)CCCCOc1cccc(C)c1C. The summed E-state index contributed by atoms with van der Waals surface area (Å²) in [6.45, 7) is 9.88. The second-order valence-electron chi connectivity index (χ2n) is 5.87. The quantitative estimate of drug-likeness (QED) is 0.695. The predicted molar refractivity (Wildman–Crippen MR) is 87.6 cm³/mol. The molecule has 1 unspecified atom stereocenters. The number of benzene rings is 1. The Kier molecular flexibility index (Phi) is 7.25. The van der Waals surface area contributed by atoms with E-state index < -0.39 is 5.54 Å². The summed E-state index contributed by atoms with van der Waals surface area (Å²) in [5, 5.41) is 12.6. The maximum Gasteiger partial charge on any atom is 0.122 e. The molecule has 0 heterocycles. The minimum atomic E-state index is -0.407. The topological polar surface area (TPSA) is 45.0 Å². The highest BCUT2D eigenvalue weighted by Gasteiger charge is 2.21. The highest BCUT2D eigenvalue weighted by molar-refractivity contribution is 5.38. The van der Waals surface area contributed by atoms with E-state index >= 15 is 0 Å². The number of hydrogen-bond acceptors (Lipinski definition) is 3. The van der Waals surface area contributed by atoms with Crippen molar-refractivity contribution in [1.29, 1.82) is 5.26 Å². The van der Waals surface area contributed by atoms with Crippen LogP contribution in [0.15, 0.2) is 18.2 Å². The van der Waals surface area contributed by atoms with Gasteiger partial charge in [0.15, 0.2) is 0 Å². The van der Waals surface area contributed by atoms with Gasteiger partial charge < -0.3 is 4.74 Å². The normalized spacial score (nSPS) is 13.5. The van der Waals surface area contributed by atoms with Gasteiger partial charge in [0.1, 0.15) is 11.3 Å². The first kappa shape index (κ1) is 17.5. The third-order valence-corrected chi connectivity index (χ3v) is 3.90. The van der Waals surface area contributed by atoms with Gasteiger partial charge in [0.25, 0.3) is 0 Å². The fraction of sp³-hybridized carbons (Fsp3) is 0.611. The summed E-state index contributed by atoms with van der Waals surface area (Å²) in [6.07, 6.45) is 3.87. The maximum absolute atomic E-state index is 9.27. The van der Waals surface area contributed by atoms with Gasteiger partial charge in [-0.15, -0.1) is 0 Å². The third-order valence-electron chi connectivity index (χ3n) is 3.90. The molecule has 1 aromatic carbocycles. The zero-order chi connectivity index (χ0) is 15.7. The van der Waals surface area contributed by atoms with Gasteiger partial charge in [-0.25, -0.2) is 0 Å². The van der Waals surface area contributed by atoms with Crippen LogP contribution < -0.4 is 10.1 Å². The molecule has 1 rings (SSSR count). The van der Waals surface area contributed by atoms with Crippen molar-refractivity contribution in [2.45, 2.75) is 58.9 Å². The van der Waals surface area contributed by atoms with Gasteiger partial charge in [0.05, 0.1) is 12.7 Å². The molecule has 0 aliphatic heterocycles. The van der Waals surface area contributed by atoms with E-state index in [9.17, 15) is 5.26 Å². The van der Waals surface area contributed by atoms with Crippen LogP contribution >= 0.6 is 0 Å². The second-order valence-corrected chi connectivity index (χ2v) is 5.87. The van der Waals surface area contributed by atoms with E-state index in [1.165, 1.54) is 11.1 Å². The van der Waals surface area contributed by atoms with Crippen molar-refractivity contribution in [2.75, 3.05) is 13.2 Å². The summed E-state index contributed by atoms with van der Waals surface area (Å²) in [6, 6.07) is 8.53. The lowest BCUT2D eigenvalue weighted by molar-refractivity contribution is 0.293. The van der Waals surface area contributed by atoms with Crippen LogP contribution in [0.5, 0.6) is 5.75 Å². The Hall–Kier alpha value is -1.53. The summed E-state index contributed by atoms with van der Waals surface area (Å²) in [5.74, 6) is 0.974. The summed E-state index contributed by atoms with van der Waals surface area (Å²) in [7, 11) is 0. The molecule has 3 nitrogen and oxygen atoms in total. The molecule has 0 bridgehead atoms. The molecule has 3 heteroatoms. The number of nitrogens with one attached hydrogen (secondary N) is 1. The van der Waals surface area contributed by atoms with E-state index in [0.717, 1.165) is 38.0 Å². The number of rotatable bonds is 9. The van der Waals surface area contributed by atoms with Crippen LogP contribution in [0.2, 0.25) is 0 Å². The second kappa shape index (κ2) is 8.69. The van der Waals surface area contributed by atoms with Crippen LogP contribution in [0.1, 0.15) is 50.7 Å². The number of nitriles is 1. The molecule has 0 spiro atoms. The molecule has 0 saturated carbocycles. The first-order valence-electron chi connectivity index (χ1n) is 7.87. The Balaban J connectivity index is 2.31. The molecule has 21 heavy (non-hydrogen) atoms. The Morgan fingerprint density at radius 1 is 1.29 bits per heavy atom. The van der Waals surface area contributed by atoms with Crippen molar-refractivity contribution in [2.24, 2.45) is 0 Å². The molecular formula is C18H28N2O. The minimum absolute atomic E-state index is 0.407. The van der Waals surface area contributed by atoms with Gasteiger partial charge in [0.2, 0.25) is 0 Å². The lowest BCUT2D eigenvalue weighted by Gasteiger charge is -2.23. The minimum Gasteiger partial charge on any atom is -0.493 e. The third kappa shape index (κ3) is 5.77. The zero-order valence-electron chi connectivity index (χ0n) is 13.8. The van der Waals surface area contributed by atoms with Gasteiger partial charge in [0, 0.05) is 0 Å². The molecule has 0 fully saturated rings. The number of ether oxygens (including phenoxy) is 1. The Morgan fingerprint density at radius 2 is 2.05 bits per heavy atom. The van der Waals surface area contributed by atoms with E-state index in [4.69, 9.17) is 4.74 Å². The number of aryl methyl sites for hydroxylation is 1. The molecule has 0 amide bonds. The lowest BCUT2D eigenvalue weighted by Crippen LogP contribution is -2.41. The number of nitrogens with zero attached hydrogens (tertiary/aromatic N) is 1. The smallest absolute Gasteiger partial charge is 0.122 e. The molecule has 0 radical (unpaired) electrons. The average molecular weight is 288 g/mol. The van der Waals surface area contributed by atoms with Crippen molar-refractivity contribution in [3.63, 3.8) is 0 Å². The Morgan fingerprint density at radius 3 is 2.71 bits per heavy atom. The fourth-order valence-corrected chi connectivity index (χ4v) is 2.23. The fourth-order valence-electron chi connectivity index (χ4n) is 2.23. The average Bonchev–Trinajstić information content (AvgIpc) is 2.49. The van der Waals surface area contributed by atoms with E-state index in [0.29, 0.717) is 6.61 Å². The van der Waals surface area contributed by atoms with Gasteiger partial charge in [-0.2, -0.15) is 5.26 Å². The van der Waals surface area contributed by atoms with Crippen molar-refractivity contribution < 1.29 is 4.74 Å². The molecule has 1 atom stereocenters. The van der Waals surface area contributed by atoms with Crippen LogP contribution in [-0.4, -0.2) is 18.7 Å². The molecule has 0 aliphatic carbocycles. The maximum atomic E-state index is 9.27. The molecule has 1 aromatic rings. The molecule has 1 N–H and O–H groups in total. The van der Waals surface area contributed by atoms with Crippen molar-refractivity contribution in [3.05, 3.63) is 29.3 Å². The van der Waals surface area contributed by atoms with Gasteiger partial charge in [-0.3, -0.25) is 5.32 Å². The molecular weight excluding hydrogens is 260 g/mol. The summed E-state index contributed by atoms with van der Waals surface area (Å²) in [5.41, 5.74) is 2.06. The standard InChI is InChI=1S/C18H28N2O/c1-5-12-20-18(4,14-19)11-6-7-13-21-17-10-8-9-15(2)16(17)3/h8-10,20H,5-7,11-13H2,1-4H3. The van der Waals surface area contributed by atoms with E-state index in [1.807, 2.05) is 19.1 Å². The van der Waals surface area contributed by atoms with Crippen molar-refractivity contribution in [3.8, 4) is 11.8 Å². The Bertz CT molecular complexity index is 479. The van der Waals surface area contributed by atoms with E-state index in [-0.39, 0.29) is 0 Å². The van der Waals surface area contributed by atoms with Crippen LogP contribution in [-0.2, 0) is 0 Å². The van der Waals surface area contributed by atoms with Gasteiger partial charge in [-0.05, 0) is 70.2 Å². The Labute approximate surface area is 129 Å². The molecule has 0 aromatic heterocycles. The lowest BCUT2D eigenvalue weighted by atomic mass is 9.96. The van der Waals surface area contributed by atoms with Crippen LogP contribution in [0.3, 0.4) is 0 Å². The molecule has 116 valence electrons. The largest absolute Gasteiger partial charge is 0.493 e. The monoisotopic (exact) mass is 288 g/mol. The van der Waals surface area contributed by atoms with Crippen molar-refractivity contribution >= 4 is 0 Å². The molecule has 0 aliphatic rings. The van der Waals surface area contributed by atoms with Crippen LogP contribution in [0.25, 0.3) is 0 Å². The first-order chi connectivity index (χ1) is 10.0. The van der Waals surface area contributed by atoms with Gasteiger partial charge >= 0.3 is 0 Å². The summed E-state index contributed by atoms with van der Waals surface area (Å²) < 4.78 is 5.84. The van der Waals surface area contributed by atoms with Crippen molar-refractivity contribution in [1.82, 2.24) is 5.32 Å². The molecule has 0 saturated heterocycles. The zero-order valence-corrected chi connectivity index (χ0v) is 13.8. The van der Waals surface area contributed by atoms with Crippen LogP contribution in [0.4, 0.5) is 0 Å². The van der Waals surface area contributed by atoms with Crippen LogP contribution in [0, 0.1) is 25.2 Å². The first-order valence-corrected chi connectivity index (χ1v) is 7.87. The summed E-state index contributed by atoms with van der Waals surface area (Å²) >= 11 is 0. The number of hydrogen-bond donors (Lipinski definition) is 1.